The highest BCUT2D eigenvalue weighted by molar-refractivity contribution is 8.23. The minimum Gasteiger partial charge on any atom is -0.456 e. The lowest BCUT2D eigenvalue weighted by atomic mass is 9.92. The number of non-ortho nitro benzene ring substituents is 2. The Balaban J connectivity index is 1.22. The summed E-state index contributed by atoms with van der Waals surface area (Å²) in [5.41, 5.74) is 1.07. The highest BCUT2D eigenvalue weighted by Gasteiger charge is 2.58. The van der Waals surface area contributed by atoms with E-state index < -0.39 is 39.3 Å². The zero-order valence-corrected chi connectivity index (χ0v) is 24.3. The van der Waals surface area contributed by atoms with Crippen LogP contribution in [0.2, 0.25) is 0 Å². The van der Waals surface area contributed by atoms with Gasteiger partial charge in [-0.1, -0.05) is 11.8 Å². The number of carbonyl (C=O) groups excluding carboxylic acids is 3. The molecular weight excluding hydrogens is 604 g/mol. The molecule has 4 atom stereocenters. The van der Waals surface area contributed by atoms with E-state index in [9.17, 15) is 39.7 Å². The van der Waals surface area contributed by atoms with Gasteiger partial charge in [-0.15, -0.1) is 11.8 Å². The molecule has 0 aromatic heterocycles. The van der Waals surface area contributed by atoms with Gasteiger partial charge in [-0.2, -0.15) is 0 Å². The highest BCUT2D eigenvalue weighted by Crippen LogP contribution is 2.55. The summed E-state index contributed by atoms with van der Waals surface area (Å²) in [6.07, 6.45) is -0.842. The zero-order chi connectivity index (χ0) is 30.8. The van der Waals surface area contributed by atoms with E-state index in [4.69, 9.17) is 9.47 Å². The first-order chi connectivity index (χ1) is 20.5. The van der Waals surface area contributed by atoms with Crippen LogP contribution in [0.15, 0.2) is 58.5 Å². The fourth-order valence-corrected chi connectivity index (χ4v) is 8.16. The average molecular weight is 631 g/mol. The van der Waals surface area contributed by atoms with Crippen molar-refractivity contribution in [3.8, 4) is 0 Å². The van der Waals surface area contributed by atoms with Crippen molar-refractivity contribution in [1.29, 1.82) is 0 Å². The Hall–Kier alpha value is -4.15. The van der Waals surface area contributed by atoms with Crippen LogP contribution < -0.4 is 0 Å². The summed E-state index contributed by atoms with van der Waals surface area (Å²) in [7, 11) is 0. The molecule has 3 heterocycles. The molecule has 1 N–H and O–H groups in total. The lowest BCUT2D eigenvalue weighted by Gasteiger charge is -2.43. The Kier molecular flexibility index (Phi) is 8.89. The van der Waals surface area contributed by atoms with Crippen molar-refractivity contribution < 1.29 is 38.8 Å². The summed E-state index contributed by atoms with van der Waals surface area (Å²) in [5, 5.41) is 31.3. The Morgan fingerprint density at radius 3 is 2.12 bits per heavy atom. The first kappa shape index (κ1) is 30.3. The number of rotatable bonds is 10. The number of esters is 1. The van der Waals surface area contributed by atoms with Crippen LogP contribution in [0.1, 0.15) is 24.5 Å². The number of aliphatic hydroxyl groups is 1. The van der Waals surface area contributed by atoms with Crippen LogP contribution in [-0.4, -0.2) is 72.5 Å². The SMILES string of the molecule is C[C@H](O)[C@@H]1C(=O)N2C(C(=O)OCc3ccc([N+](=O)[O-])cc3)=C(S[C@H]3CCN(C(=O)OCc4ccc([N+](=O)[O-])cc4)C3)S[C@H]12. The van der Waals surface area contributed by atoms with Crippen molar-refractivity contribution in [2.75, 3.05) is 13.1 Å². The zero-order valence-electron chi connectivity index (χ0n) is 22.7. The molecule has 2 aromatic rings. The number of fused-ring (bicyclic) bond motifs is 1. The predicted octanol–water partition coefficient (Wildman–Crippen LogP) is 3.77. The normalized spacial score (nSPS) is 21.7. The minimum absolute atomic E-state index is 0.0453. The fourth-order valence-electron chi connectivity index (χ4n) is 4.85. The molecule has 0 saturated carbocycles. The number of nitro benzene ring substituents is 2. The third-order valence-corrected chi connectivity index (χ3v) is 10.0. The molecule has 0 aliphatic carbocycles. The Bertz CT molecular complexity index is 1480. The topological polar surface area (TPSA) is 183 Å². The van der Waals surface area contributed by atoms with E-state index in [1.54, 1.807) is 0 Å². The van der Waals surface area contributed by atoms with Gasteiger partial charge < -0.3 is 19.5 Å². The number of nitro groups is 2. The largest absolute Gasteiger partial charge is 0.456 e. The maximum atomic E-state index is 13.2. The third kappa shape index (κ3) is 6.45. The van der Waals surface area contributed by atoms with Gasteiger partial charge in [0.05, 0.1) is 26.1 Å². The van der Waals surface area contributed by atoms with E-state index in [0.29, 0.717) is 34.9 Å². The molecule has 43 heavy (non-hydrogen) atoms. The fraction of sp³-hybridized carbons (Fsp3) is 0.370. The van der Waals surface area contributed by atoms with Gasteiger partial charge in [0.15, 0.2) is 5.70 Å². The predicted molar refractivity (Wildman–Crippen MR) is 154 cm³/mol. The molecule has 2 amide bonds. The molecule has 0 radical (unpaired) electrons. The molecule has 2 fully saturated rings. The van der Waals surface area contributed by atoms with E-state index in [2.05, 4.69) is 0 Å². The van der Waals surface area contributed by atoms with Gasteiger partial charge in [-0.25, -0.2) is 9.59 Å². The number of β-lactam (4-membered cyclic amide) rings is 1. The number of aliphatic hydroxyl groups excluding tert-OH is 1. The van der Waals surface area contributed by atoms with Crippen molar-refractivity contribution in [3.05, 3.63) is 89.8 Å². The van der Waals surface area contributed by atoms with Gasteiger partial charge in [0.2, 0.25) is 5.91 Å². The number of hydrogen-bond acceptors (Lipinski definition) is 12. The first-order valence-electron chi connectivity index (χ1n) is 13.2. The van der Waals surface area contributed by atoms with E-state index in [1.165, 1.54) is 88.8 Å². The Morgan fingerprint density at radius 1 is 1.02 bits per heavy atom. The number of thioether (sulfide) groups is 2. The number of amides is 2. The molecule has 5 rings (SSSR count). The molecule has 0 unspecified atom stereocenters. The second kappa shape index (κ2) is 12.6. The van der Waals surface area contributed by atoms with Gasteiger partial charge >= 0.3 is 12.1 Å². The monoisotopic (exact) mass is 630 g/mol. The van der Waals surface area contributed by atoms with Gasteiger partial charge in [0.1, 0.15) is 18.6 Å². The summed E-state index contributed by atoms with van der Waals surface area (Å²) >= 11 is 2.66. The van der Waals surface area contributed by atoms with Crippen LogP contribution in [0.4, 0.5) is 16.2 Å². The maximum Gasteiger partial charge on any atom is 0.410 e. The molecule has 226 valence electrons. The molecule has 0 bridgehead atoms. The smallest absolute Gasteiger partial charge is 0.410 e. The van der Waals surface area contributed by atoms with E-state index in [1.807, 2.05) is 0 Å². The third-order valence-electron chi connectivity index (χ3n) is 7.16. The van der Waals surface area contributed by atoms with E-state index >= 15 is 0 Å². The number of carbonyl (C=O) groups is 3. The van der Waals surface area contributed by atoms with Crippen LogP contribution in [0, 0.1) is 26.1 Å². The van der Waals surface area contributed by atoms with Crippen molar-refractivity contribution in [2.24, 2.45) is 5.92 Å². The number of hydrogen-bond donors (Lipinski definition) is 1. The summed E-state index contributed by atoms with van der Waals surface area (Å²) in [5.74, 6) is -1.78. The van der Waals surface area contributed by atoms with Gasteiger partial charge in [-0.05, 0) is 48.7 Å². The van der Waals surface area contributed by atoms with Crippen molar-refractivity contribution >= 4 is 52.9 Å². The molecular formula is C27H26N4O10S2. The lowest BCUT2D eigenvalue weighted by molar-refractivity contribution is -0.385. The van der Waals surface area contributed by atoms with Crippen LogP contribution in [0.25, 0.3) is 0 Å². The first-order valence-corrected chi connectivity index (χ1v) is 14.9. The molecule has 0 spiro atoms. The van der Waals surface area contributed by atoms with Crippen LogP contribution in [0.3, 0.4) is 0 Å². The average Bonchev–Trinajstić information content (AvgIpc) is 3.57. The molecule has 16 heteroatoms. The number of ether oxygens (including phenoxy) is 2. The summed E-state index contributed by atoms with van der Waals surface area (Å²) in [6, 6.07) is 11.3. The molecule has 3 aliphatic rings. The summed E-state index contributed by atoms with van der Waals surface area (Å²) in [4.78, 5) is 62.3. The highest BCUT2D eigenvalue weighted by atomic mass is 32.2. The standard InChI is InChI=1S/C27H26N4O10S2/c1-15(32)21-23(33)29-22(25(34)40-13-16-2-6-18(7-3-16)30(36)37)26(43-24(21)29)42-20-10-11-28(12-20)27(35)41-14-17-4-8-19(9-5-17)31(38)39/h2-9,15,20-21,24,32H,10-14H2,1H3/t15-,20-,21+,24+/m0/s1. The number of likely N-dealkylation sites (tertiary alicyclic amines) is 1. The summed E-state index contributed by atoms with van der Waals surface area (Å²) in [6.45, 7) is 2.06. The lowest BCUT2D eigenvalue weighted by Crippen LogP contribution is -2.60. The minimum atomic E-state index is -0.907. The second-order valence-corrected chi connectivity index (χ2v) is 12.8. The van der Waals surface area contributed by atoms with Gasteiger partial charge in [0, 0.05) is 42.6 Å². The van der Waals surface area contributed by atoms with Gasteiger partial charge in [-0.3, -0.25) is 29.9 Å². The summed E-state index contributed by atoms with van der Waals surface area (Å²) < 4.78 is 11.4. The molecule has 14 nitrogen and oxygen atoms in total. The quantitative estimate of drug-likeness (QED) is 0.174. The van der Waals surface area contributed by atoms with E-state index in [-0.39, 0.29) is 41.4 Å². The van der Waals surface area contributed by atoms with Crippen LogP contribution in [-0.2, 0) is 32.3 Å². The van der Waals surface area contributed by atoms with Crippen LogP contribution in [0.5, 0.6) is 0 Å². The molecule has 3 aliphatic heterocycles. The van der Waals surface area contributed by atoms with Crippen molar-refractivity contribution in [1.82, 2.24) is 9.80 Å². The second-order valence-electron chi connectivity index (χ2n) is 10.1. The Morgan fingerprint density at radius 2 is 1.58 bits per heavy atom. The molecule has 2 aromatic carbocycles. The Labute approximate surface area is 253 Å². The number of nitrogens with zero attached hydrogens (tertiary/aromatic N) is 4. The van der Waals surface area contributed by atoms with E-state index in [0.717, 1.165) is 0 Å². The van der Waals surface area contributed by atoms with Crippen LogP contribution >= 0.6 is 23.5 Å². The molecule has 2 saturated heterocycles. The van der Waals surface area contributed by atoms with Crippen molar-refractivity contribution in [2.45, 2.75) is 43.3 Å². The number of benzene rings is 2. The van der Waals surface area contributed by atoms with Crippen molar-refractivity contribution in [3.63, 3.8) is 0 Å². The maximum absolute atomic E-state index is 13.2. The van der Waals surface area contributed by atoms with Gasteiger partial charge in [0.25, 0.3) is 11.4 Å².